The zero-order chi connectivity index (χ0) is 14.5. The van der Waals surface area contributed by atoms with Gasteiger partial charge in [0.1, 0.15) is 11.3 Å². The number of unbranched alkanes of at least 4 members (excludes halogenated alkanes) is 2. The first-order valence-electron chi connectivity index (χ1n) is 6.72. The highest BCUT2D eigenvalue weighted by atomic mass is 16.5. The van der Waals surface area contributed by atoms with Crippen LogP contribution in [0.25, 0.3) is 10.9 Å². The molecule has 0 atom stereocenters. The maximum absolute atomic E-state index is 11.8. The van der Waals surface area contributed by atoms with Crippen LogP contribution in [0.4, 0.5) is 0 Å². The average Bonchev–Trinajstić information content (AvgIpc) is 2.43. The Kier molecular flexibility index (Phi) is 4.40. The highest BCUT2D eigenvalue weighted by Crippen LogP contribution is 2.23. The zero-order valence-corrected chi connectivity index (χ0v) is 11.4. The number of ether oxygens (including phenoxy) is 1. The quantitative estimate of drug-likeness (QED) is 0.792. The molecule has 0 saturated heterocycles. The molecular formula is C15H18N2O3. The molecule has 20 heavy (non-hydrogen) atoms. The van der Waals surface area contributed by atoms with Gasteiger partial charge in [-0.15, -0.1) is 0 Å². The van der Waals surface area contributed by atoms with Crippen molar-refractivity contribution in [2.24, 2.45) is 5.73 Å². The molecular weight excluding hydrogens is 256 g/mol. The van der Waals surface area contributed by atoms with Crippen LogP contribution in [0.15, 0.2) is 29.1 Å². The second-order valence-corrected chi connectivity index (χ2v) is 4.65. The first kappa shape index (κ1) is 14.1. The fourth-order valence-corrected chi connectivity index (χ4v) is 2.04. The third-order valence-corrected chi connectivity index (χ3v) is 3.11. The number of aromatic nitrogens is 1. The maximum Gasteiger partial charge on any atom is 0.261 e. The number of rotatable bonds is 6. The van der Waals surface area contributed by atoms with Crippen LogP contribution in [0.5, 0.6) is 5.75 Å². The van der Waals surface area contributed by atoms with Crippen LogP contribution in [-0.4, -0.2) is 17.5 Å². The number of primary amides is 1. The summed E-state index contributed by atoms with van der Waals surface area (Å²) in [6, 6.07) is 6.92. The number of hydrogen-bond acceptors (Lipinski definition) is 3. The van der Waals surface area contributed by atoms with Crippen LogP contribution >= 0.6 is 0 Å². The van der Waals surface area contributed by atoms with E-state index in [2.05, 4.69) is 11.9 Å². The predicted molar refractivity (Wildman–Crippen MR) is 78.1 cm³/mol. The second kappa shape index (κ2) is 6.23. The van der Waals surface area contributed by atoms with Crippen molar-refractivity contribution >= 4 is 16.8 Å². The Bertz CT molecular complexity index is 676. The molecule has 1 heterocycles. The fraction of sp³-hybridized carbons (Fsp3) is 0.333. The number of nitrogens with one attached hydrogen (secondary N) is 1. The van der Waals surface area contributed by atoms with Crippen molar-refractivity contribution in [1.82, 2.24) is 4.98 Å². The van der Waals surface area contributed by atoms with E-state index in [1.54, 1.807) is 12.1 Å². The molecule has 3 N–H and O–H groups in total. The van der Waals surface area contributed by atoms with Crippen molar-refractivity contribution in [3.8, 4) is 5.75 Å². The topological polar surface area (TPSA) is 85.2 Å². The van der Waals surface area contributed by atoms with Crippen LogP contribution in [0.3, 0.4) is 0 Å². The number of carbonyl (C=O) groups excluding carboxylic acids is 1. The standard InChI is InChI=1S/C15H18N2O3/c1-2-3-4-8-20-12-7-5-6-10-9-11(14(16)18)15(19)17-13(10)12/h5-7,9H,2-4,8H2,1H3,(H2,16,18)(H,17,19). The van der Waals surface area contributed by atoms with Gasteiger partial charge in [-0.05, 0) is 18.6 Å². The van der Waals surface area contributed by atoms with Crippen LogP contribution < -0.4 is 16.0 Å². The molecule has 0 radical (unpaired) electrons. The van der Waals surface area contributed by atoms with Gasteiger partial charge in [-0.1, -0.05) is 31.9 Å². The van der Waals surface area contributed by atoms with E-state index in [-0.39, 0.29) is 5.56 Å². The van der Waals surface area contributed by atoms with Crippen LogP contribution in [0.2, 0.25) is 0 Å². The SMILES string of the molecule is CCCCCOc1cccc2cc(C(N)=O)c(=O)[nH]c12. The molecule has 0 aliphatic rings. The molecule has 0 fully saturated rings. The molecule has 106 valence electrons. The van der Waals surface area contributed by atoms with Crippen molar-refractivity contribution in [3.05, 3.63) is 40.2 Å². The van der Waals surface area contributed by atoms with Gasteiger partial charge >= 0.3 is 0 Å². The minimum Gasteiger partial charge on any atom is -0.491 e. The van der Waals surface area contributed by atoms with Gasteiger partial charge in [0, 0.05) is 5.39 Å². The van der Waals surface area contributed by atoms with E-state index in [0.717, 1.165) is 24.6 Å². The molecule has 1 aromatic carbocycles. The Morgan fingerprint density at radius 3 is 2.85 bits per heavy atom. The van der Waals surface area contributed by atoms with Gasteiger partial charge in [0.05, 0.1) is 12.1 Å². The van der Waals surface area contributed by atoms with Gasteiger partial charge in [-0.25, -0.2) is 0 Å². The van der Waals surface area contributed by atoms with Gasteiger partial charge in [0.2, 0.25) is 0 Å². The third-order valence-electron chi connectivity index (χ3n) is 3.11. The van der Waals surface area contributed by atoms with Gasteiger partial charge in [0.15, 0.2) is 0 Å². The number of para-hydroxylation sites is 1. The van der Waals surface area contributed by atoms with E-state index in [1.807, 2.05) is 6.07 Å². The Morgan fingerprint density at radius 2 is 2.15 bits per heavy atom. The molecule has 0 spiro atoms. The Balaban J connectivity index is 2.35. The highest BCUT2D eigenvalue weighted by molar-refractivity contribution is 5.97. The molecule has 0 unspecified atom stereocenters. The summed E-state index contributed by atoms with van der Waals surface area (Å²) in [6.07, 6.45) is 3.20. The zero-order valence-electron chi connectivity index (χ0n) is 11.4. The number of pyridine rings is 1. The lowest BCUT2D eigenvalue weighted by Crippen LogP contribution is -2.23. The monoisotopic (exact) mass is 274 g/mol. The van der Waals surface area contributed by atoms with Crippen LogP contribution in [0, 0.1) is 0 Å². The maximum atomic E-state index is 11.8. The molecule has 1 aromatic heterocycles. The van der Waals surface area contributed by atoms with Gasteiger partial charge in [0.25, 0.3) is 11.5 Å². The normalized spacial score (nSPS) is 10.7. The smallest absolute Gasteiger partial charge is 0.261 e. The number of aromatic amines is 1. The molecule has 2 aromatic rings. The van der Waals surface area contributed by atoms with E-state index in [9.17, 15) is 9.59 Å². The Morgan fingerprint density at radius 1 is 1.35 bits per heavy atom. The number of amides is 1. The number of nitrogens with two attached hydrogens (primary N) is 1. The summed E-state index contributed by atoms with van der Waals surface area (Å²) in [6.45, 7) is 2.73. The number of carbonyl (C=O) groups is 1. The van der Waals surface area contributed by atoms with E-state index < -0.39 is 11.5 Å². The second-order valence-electron chi connectivity index (χ2n) is 4.65. The molecule has 1 amide bonds. The van der Waals surface area contributed by atoms with E-state index in [1.165, 1.54) is 6.07 Å². The van der Waals surface area contributed by atoms with Crippen LogP contribution in [0.1, 0.15) is 36.5 Å². The van der Waals surface area contributed by atoms with Gasteiger partial charge < -0.3 is 15.5 Å². The van der Waals surface area contributed by atoms with Crippen molar-refractivity contribution < 1.29 is 9.53 Å². The minimum atomic E-state index is -0.734. The molecule has 0 aliphatic carbocycles. The summed E-state index contributed by atoms with van der Waals surface area (Å²) in [7, 11) is 0. The van der Waals surface area contributed by atoms with Crippen molar-refractivity contribution in [2.45, 2.75) is 26.2 Å². The fourth-order valence-electron chi connectivity index (χ4n) is 2.04. The lowest BCUT2D eigenvalue weighted by molar-refractivity contribution is 0.0999. The summed E-state index contributed by atoms with van der Waals surface area (Å²) >= 11 is 0. The molecule has 5 heteroatoms. The summed E-state index contributed by atoms with van der Waals surface area (Å²) in [5, 5.41) is 0.728. The largest absolute Gasteiger partial charge is 0.491 e. The number of fused-ring (bicyclic) bond motifs is 1. The van der Waals surface area contributed by atoms with Gasteiger partial charge in [-0.3, -0.25) is 9.59 Å². The molecule has 5 nitrogen and oxygen atoms in total. The molecule has 2 rings (SSSR count). The summed E-state index contributed by atoms with van der Waals surface area (Å²) < 4.78 is 5.69. The lowest BCUT2D eigenvalue weighted by atomic mass is 10.1. The van der Waals surface area contributed by atoms with E-state index in [0.29, 0.717) is 17.9 Å². The molecule has 0 aliphatic heterocycles. The van der Waals surface area contributed by atoms with Crippen LogP contribution in [-0.2, 0) is 0 Å². The Hall–Kier alpha value is -2.30. The highest BCUT2D eigenvalue weighted by Gasteiger charge is 2.10. The number of benzene rings is 1. The third kappa shape index (κ3) is 2.99. The summed E-state index contributed by atoms with van der Waals surface area (Å²) in [4.78, 5) is 25.6. The minimum absolute atomic E-state index is 0.0411. The summed E-state index contributed by atoms with van der Waals surface area (Å²) in [5.74, 6) is -0.117. The van der Waals surface area contributed by atoms with E-state index in [4.69, 9.17) is 10.5 Å². The van der Waals surface area contributed by atoms with Crippen molar-refractivity contribution in [2.75, 3.05) is 6.61 Å². The predicted octanol–water partition coefficient (Wildman–Crippen LogP) is 2.20. The first-order chi connectivity index (χ1) is 9.63. The van der Waals surface area contributed by atoms with Gasteiger partial charge in [-0.2, -0.15) is 0 Å². The number of hydrogen-bond donors (Lipinski definition) is 2. The molecule has 0 saturated carbocycles. The van der Waals surface area contributed by atoms with Crippen molar-refractivity contribution in [1.29, 1.82) is 0 Å². The first-order valence-corrected chi connectivity index (χ1v) is 6.72. The lowest BCUT2D eigenvalue weighted by Gasteiger charge is -2.09. The average molecular weight is 274 g/mol. The van der Waals surface area contributed by atoms with Crippen molar-refractivity contribution in [3.63, 3.8) is 0 Å². The molecule has 0 bridgehead atoms. The summed E-state index contributed by atoms with van der Waals surface area (Å²) in [5.41, 5.74) is 5.23. The Labute approximate surface area is 116 Å². The number of H-pyrrole nitrogens is 1. The van der Waals surface area contributed by atoms with E-state index >= 15 is 0 Å².